The molecule has 7 heteroatoms. The van der Waals surface area contributed by atoms with E-state index in [4.69, 9.17) is 4.74 Å². The number of H-pyrrole nitrogens is 1. The minimum atomic E-state index is -0.432. The summed E-state index contributed by atoms with van der Waals surface area (Å²) in [5.74, 6) is 1.25. The zero-order valence-corrected chi connectivity index (χ0v) is 11.8. The lowest BCUT2D eigenvalue weighted by atomic mass is 10.2. The van der Waals surface area contributed by atoms with Gasteiger partial charge < -0.3 is 4.74 Å². The van der Waals surface area contributed by atoms with Gasteiger partial charge in [-0.1, -0.05) is 6.07 Å². The van der Waals surface area contributed by atoms with E-state index in [1.807, 2.05) is 30.3 Å². The van der Waals surface area contributed by atoms with Crippen LogP contribution in [0.4, 0.5) is 5.82 Å². The van der Waals surface area contributed by atoms with Gasteiger partial charge in [0.25, 0.3) is 0 Å². The molecule has 0 unspecified atom stereocenters. The number of nitrogens with zero attached hydrogens (tertiary/aromatic N) is 3. The van der Waals surface area contributed by atoms with E-state index < -0.39 is 5.69 Å². The molecule has 0 atom stereocenters. The van der Waals surface area contributed by atoms with Crippen molar-refractivity contribution in [1.29, 1.82) is 0 Å². The number of anilines is 1. The number of hydrogen-bond acceptors (Lipinski definition) is 6. The summed E-state index contributed by atoms with van der Waals surface area (Å²) in [4.78, 5) is 21.6. The van der Waals surface area contributed by atoms with Crippen molar-refractivity contribution in [3.05, 3.63) is 58.8 Å². The van der Waals surface area contributed by atoms with Gasteiger partial charge in [-0.05, 0) is 30.3 Å². The van der Waals surface area contributed by atoms with Gasteiger partial charge in [-0.3, -0.25) is 10.4 Å². The maximum absolute atomic E-state index is 11.0. The maximum Gasteiger partial charge on any atom is 0.346 e. The monoisotopic (exact) mass is 295 g/mol. The highest BCUT2D eigenvalue weighted by Crippen LogP contribution is 2.19. The van der Waals surface area contributed by atoms with Gasteiger partial charge in [0.05, 0.1) is 24.5 Å². The molecule has 0 amide bonds. The van der Waals surface area contributed by atoms with E-state index in [1.165, 1.54) is 6.20 Å². The molecule has 0 aliphatic heterocycles. The molecular formula is C15H13N5O2. The molecule has 0 radical (unpaired) electrons. The van der Waals surface area contributed by atoms with E-state index in [9.17, 15) is 4.79 Å². The van der Waals surface area contributed by atoms with E-state index >= 15 is 0 Å². The van der Waals surface area contributed by atoms with Gasteiger partial charge in [0.2, 0.25) is 0 Å². The lowest BCUT2D eigenvalue weighted by Gasteiger charge is -2.02. The molecule has 0 saturated carbocycles. The van der Waals surface area contributed by atoms with Gasteiger partial charge >= 0.3 is 5.69 Å². The molecule has 1 aromatic carbocycles. The van der Waals surface area contributed by atoms with Crippen LogP contribution >= 0.6 is 0 Å². The third kappa shape index (κ3) is 3.09. The second-order valence-corrected chi connectivity index (χ2v) is 4.45. The fraction of sp³-hybridized carbons (Fsp3) is 0.0667. The van der Waals surface area contributed by atoms with Crippen molar-refractivity contribution < 1.29 is 4.74 Å². The van der Waals surface area contributed by atoms with Crippen LogP contribution in [0.1, 0.15) is 5.69 Å². The molecule has 0 aliphatic carbocycles. The van der Waals surface area contributed by atoms with Crippen LogP contribution in [0.15, 0.2) is 52.5 Å². The fourth-order valence-electron chi connectivity index (χ4n) is 1.92. The van der Waals surface area contributed by atoms with Crippen molar-refractivity contribution in [1.82, 2.24) is 15.0 Å². The summed E-state index contributed by atoms with van der Waals surface area (Å²) in [6, 6.07) is 11.1. The van der Waals surface area contributed by atoms with E-state index in [2.05, 4.69) is 25.5 Å². The van der Waals surface area contributed by atoms with Crippen molar-refractivity contribution in [2.45, 2.75) is 0 Å². The van der Waals surface area contributed by atoms with Crippen molar-refractivity contribution in [2.75, 3.05) is 12.5 Å². The van der Waals surface area contributed by atoms with Crippen molar-refractivity contribution in [2.24, 2.45) is 5.10 Å². The number of fused-ring (bicyclic) bond motifs is 1. The molecule has 3 aromatic rings. The van der Waals surface area contributed by atoms with Gasteiger partial charge in [-0.25, -0.2) is 14.8 Å². The number of hydrazone groups is 1. The summed E-state index contributed by atoms with van der Waals surface area (Å²) < 4.78 is 5.18. The predicted octanol–water partition coefficient (Wildman–Crippen LogP) is 1.77. The number of aromatic nitrogens is 3. The average molecular weight is 295 g/mol. The third-order valence-electron chi connectivity index (χ3n) is 2.97. The summed E-state index contributed by atoms with van der Waals surface area (Å²) >= 11 is 0. The fourth-order valence-corrected chi connectivity index (χ4v) is 1.92. The maximum atomic E-state index is 11.0. The first-order valence-corrected chi connectivity index (χ1v) is 6.54. The second kappa shape index (κ2) is 6.04. The molecule has 0 bridgehead atoms. The number of rotatable bonds is 4. The SMILES string of the molecule is COc1ccc2nc(C=NNc3ccnc(=O)[nH]3)ccc2c1. The Balaban J connectivity index is 1.78. The van der Waals surface area contributed by atoms with Crippen LogP contribution in [0.3, 0.4) is 0 Å². The van der Waals surface area contributed by atoms with Crippen LogP contribution in [0.25, 0.3) is 10.9 Å². The Bertz CT molecular complexity index is 888. The number of ether oxygens (including phenoxy) is 1. The second-order valence-electron chi connectivity index (χ2n) is 4.45. The van der Waals surface area contributed by atoms with Crippen molar-refractivity contribution in [3.63, 3.8) is 0 Å². The molecule has 3 rings (SSSR count). The molecule has 0 spiro atoms. The minimum absolute atomic E-state index is 0.432. The number of pyridine rings is 1. The molecular weight excluding hydrogens is 282 g/mol. The van der Waals surface area contributed by atoms with Gasteiger partial charge in [0.15, 0.2) is 0 Å². The smallest absolute Gasteiger partial charge is 0.346 e. The Morgan fingerprint density at radius 3 is 3.00 bits per heavy atom. The summed E-state index contributed by atoms with van der Waals surface area (Å²) in [7, 11) is 1.63. The summed E-state index contributed by atoms with van der Waals surface area (Å²) in [6.45, 7) is 0. The normalized spacial score (nSPS) is 11.0. The average Bonchev–Trinajstić information content (AvgIpc) is 2.54. The van der Waals surface area contributed by atoms with Crippen molar-refractivity contribution in [3.8, 4) is 5.75 Å². The minimum Gasteiger partial charge on any atom is -0.497 e. The van der Waals surface area contributed by atoms with Gasteiger partial charge in [0, 0.05) is 11.6 Å². The van der Waals surface area contributed by atoms with Gasteiger partial charge in [-0.15, -0.1) is 0 Å². The lowest BCUT2D eigenvalue weighted by molar-refractivity contribution is 0.415. The van der Waals surface area contributed by atoms with E-state index in [1.54, 1.807) is 19.4 Å². The number of benzene rings is 1. The predicted molar refractivity (Wildman–Crippen MR) is 84.4 cm³/mol. The van der Waals surface area contributed by atoms with E-state index in [0.717, 1.165) is 16.7 Å². The number of nitrogens with one attached hydrogen (secondary N) is 2. The Kier molecular flexibility index (Phi) is 3.78. The van der Waals surface area contributed by atoms with Gasteiger partial charge in [0.1, 0.15) is 11.6 Å². The zero-order chi connectivity index (χ0) is 15.4. The van der Waals surface area contributed by atoms with Crippen LogP contribution in [-0.4, -0.2) is 28.3 Å². The van der Waals surface area contributed by atoms with E-state index in [-0.39, 0.29) is 0 Å². The zero-order valence-electron chi connectivity index (χ0n) is 11.8. The third-order valence-corrected chi connectivity index (χ3v) is 2.97. The highest BCUT2D eigenvalue weighted by Gasteiger charge is 1.99. The molecule has 2 N–H and O–H groups in total. The van der Waals surface area contributed by atoms with Crippen LogP contribution < -0.4 is 15.9 Å². The topological polar surface area (TPSA) is 92.3 Å². The largest absolute Gasteiger partial charge is 0.497 e. The molecule has 2 heterocycles. The molecule has 0 saturated heterocycles. The van der Waals surface area contributed by atoms with Crippen LogP contribution in [0, 0.1) is 0 Å². The Labute approximate surface area is 125 Å². The first kappa shape index (κ1) is 13.7. The van der Waals surface area contributed by atoms with Crippen molar-refractivity contribution >= 4 is 22.9 Å². The highest BCUT2D eigenvalue weighted by atomic mass is 16.5. The molecule has 110 valence electrons. The summed E-state index contributed by atoms with van der Waals surface area (Å²) in [6.07, 6.45) is 2.97. The first-order valence-electron chi connectivity index (χ1n) is 6.54. The molecule has 0 fully saturated rings. The summed E-state index contributed by atoms with van der Waals surface area (Å²) in [5, 5.41) is 5.02. The van der Waals surface area contributed by atoms with Crippen LogP contribution in [0.5, 0.6) is 5.75 Å². The van der Waals surface area contributed by atoms with E-state index in [0.29, 0.717) is 11.5 Å². The molecule has 2 aromatic heterocycles. The number of aromatic amines is 1. The van der Waals surface area contributed by atoms with Crippen LogP contribution in [-0.2, 0) is 0 Å². The standard InChI is InChI=1S/C15H13N5O2/c1-22-12-4-5-13-10(8-12)2-3-11(18-13)9-17-20-14-6-7-16-15(21)19-14/h2-9H,1H3,(H2,16,19,20,21). The summed E-state index contributed by atoms with van der Waals surface area (Å²) in [5.41, 5.74) is 3.83. The first-order chi connectivity index (χ1) is 10.7. The number of hydrogen-bond donors (Lipinski definition) is 2. The molecule has 22 heavy (non-hydrogen) atoms. The highest BCUT2D eigenvalue weighted by molar-refractivity contribution is 5.86. The Hall–Kier alpha value is -3.22. The van der Waals surface area contributed by atoms with Gasteiger partial charge in [-0.2, -0.15) is 5.10 Å². The van der Waals surface area contributed by atoms with Crippen LogP contribution in [0.2, 0.25) is 0 Å². The Morgan fingerprint density at radius 1 is 1.27 bits per heavy atom. The quantitative estimate of drug-likeness (QED) is 0.565. The molecule has 7 nitrogen and oxygen atoms in total. The Morgan fingerprint density at radius 2 is 2.18 bits per heavy atom. The molecule has 0 aliphatic rings. The number of methoxy groups -OCH3 is 1. The lowest BCUT2D eigenvalue weighted by Crippen LogP contribution is -2.10.